The molecule has 0 bridgehead atoms. The van der Waals surface area contributed by atoms with Crippen molar-refractivity contribution in [1.29, 1.82) is 5.26 Å². The van der Waals surface area contributed by atoms with Crippen molar-refractivity contribution in [2.75, 3.05) is 24.5 Å². The number of nitriles is 1. The molecule has 0 radical (unpaired) electrons. The normalized spacial score (nSPS) is 14.9. The molecule has 26 heavy (non-hydrogen) atoms. The zero-order valence-corrected chi connectivity index (χ0v) is 15.5. The minimum Gasteiger partial charge on any atom is -0.370 e. The van der Waals surface area contributed by atoms with E-state index in [-0.39, 0.29) is 11.8 Å². The Bertz CT molecular complexity index is 821. The largest absolute Gasteiger partial charge is 0.370 e. The van der Waals surface area contributed by atoms with Crippen molar-refractivity contribution < 1.29 is 9.18 Å². The average Bonchev–Trinajstić information content (AvgIpc) is 3.07. The van der Waals surface area contributed by atoms with Crippen molar-refractivity contribution in [3.05, 3.63) is 45.7 Å². The van der Waals surface area contributed by atoms with E-state index in [1.165, 1.54) is 17.0 Å². The van der Waals surface area contributed by atoms with Crippen LogP contribution in [0.2, 0.25) is 0 Å². The van der Waals surface area contributed by atoms with Crippen molar-refractivity contribution in [2.24, 2.45) is 5.92 Å². The van der Waals surface area contributed by atoms with Crippen molar-refractivity contribution >= 4 is 22.9 Å². The van der Waals surface area contributed by atoms with Crippen LogP contribution in [0.5, 0.6) is 0 Å². The monoisotopic (exact) mass is 372 g/mol. The quantitative estimate of drug-likeness (QED) is 0.876. The summed E-state index contributed by atoms with van der Waals surface area (Å²) in [4.78, 5) is 19.9. The number of nitrogens with zero attached hydrogens (tertiary/aromatic N) is 3. The van der Waals surface area contributed by atoms with Crippen molar-refractivity contribution in [1.82, 2.24) is 10.3 Å². The highest BCUT2D eigenvalue weighted by Crippen LogP contribution is 2.27. The number of anilines is 1. The number of thiazole rings is 1. The highest BCUT2D eigenvalue weighted by Gasteiger charge is 2.26. The predicted molar refractivity (Wildman–Crippen MR) is 99.6 cm³/mol. The van der Waals surface area contributed by atoms with Crippen molar-refractivity contribution in [2.45, 2.75) is 26.2 Å². The molecule has 1 N–H and O–H groups in total. The van der Waals surface area contributed by atoms with E-state index >= 15 is 0 Å². The second kappa shape index (κ2) is 8.28. The number of halogens is 1. The fourth-order valence-electron chi connectivity index (χ4n) is 3.21. The Morgan fingerprint density at radius 1 is 1.46 bits per heavy atom. The highest BCUT2D eigenvalue weighted by atomic mass is 32.1. The van der Waals surface area contributed by atoms with Gasteiger partial charge in [-0.3, -0.25) is 4.79 Å². The summed E-state index contributed by atoms with van der Waals surface area (Å²) in [6.45, 7) is 3.99. The lowest BCUT2D eigenvalue weighted by Crippen LogP contribution is -2.41. The van der Waals surface area contributed by atoms with Gasteiger partial charge < -0.3 is 10.2 Å². The maximum Gasteiger partial charge on any atom is 0.223 e. The summed E-state index contributed by atoms with van der Waals surface area (Å²) in [7, 11) is 0. The van der Waals surface area contributed by atoms with Crippen molar-refractivity contribution in [3.8, 4) is 6.07 Å². The number of rotatable bonds is 5. The number of benzene rings is 1. The van der Waals surface area contributed by atoms with Gasteiger partial charge in [0, 0.05) is 43.0 Å². The molecule has 1 aromatic heterocycles. The summed E-state index contributed by atoms with van der Waals surface area (Å²) in [5.41, 5.74) is 1.08. The summed E-state index contributed by atoms with van der Waals surface area (Å²) < 4.78 is 13.3. The Morgan fingerprint density at radius 2 is 2.23 bits per heavy atom. The summed E-state index contributed by atoms with van der Waals surface area (Å²) in [6.07, 6.45) is 4.06. The van der Waals surface area contributed by atoms with E-state index in [1.807, 2.05) is 19.2 Å². The molecule has 2 aromatic rings. The van der Waals surface area contributed by atoms with Gasteiger partial charge in [0.05, 0.1) is 16.3 Å². The number of aromatic nitrogens is 1. The van der Waals surface area contributed by atoms with Gasteiger partial charge in [-0.1, -0.05) is 0 Å². The Labute approximate surface area is 156 Å². The van der Waals surface area contributed by atoms with E-state index < -0.39 is 5.82 Å². The number of piperidine rings is 1. The van der Waals surface area contributed by atoms with Gasteiger partial charge >= 0.3 is 0 Å². The van der Waals surface area contributed by atoms with Gasteiger partial charge in [-0.2, -0.15) is 5.26 Å². The summed E-state index contributed by atoms with van der Waals surface area (Å²) in [6, 6.07) is 6.32. The minimum absolute atomic E-state index is 0.0183. The van der Waals surface area contributed by atoms with Gasteiger partial charge in [0.25, 0.3) is 0 Å². The van der Waals surface area contributed by atoms with Gasteiger partial charge in [0.1, 0.15) is 11.9 Å². The van der Waals surface area contributed by atoms with Gasteiger partial charge in [-0.05, 0) is 38.0 Å². The maximum atomic E-state index is 13.3. The fraction of sp³-hybridized carbons (Fsp3) is 0.421. The number of carbonyl (C=O) groups excluding carboxylic acids is 1. The molecule has 0 unspecified atom stereocenters. The van der Waals surface area contributed by atoms with E-state index in [4.69, 9.17) is 0 Å². The highest BCUT2D eigenvalue weighted by molar-refractivity contribution is 7.11. The van der Waals surface area contributed by atoms with Crippen LogP contribution < -0.4 is 10.2 Å². The Balaban J connectivity index is 1.49. The summed E-state index contributed by atoms with van der Waals surface area (Å²) >= 11 is 1.66. The Kier molecular flexibility index (Phi) is 5.84. The van der Waals surface area contributed by atoms with Gasteiger partial charge in [-0.25, -0.2) is 9.37 Å². The zero-order valence-electron chi connectivity index (χ0n) is 14.7. The molecule has 1 aliphatic rings. The lowest BCUT2D eigenvalue weighted by atomic mass is 9.95. The first kappa shape index (κ1) is 18.3. The third-order valence-corrected chi connectivity index (χ3v) is 5.57. The first-order valence-corrected chi connectivity index (χ1v) is 9.52. The van der Waals surface area contributed by atoms with Crippen LogP contribution >= 0.6 is 11.3 Å². The molecular weight excluding hydrogens is 351 g/mol. The van der Waals surface area contributed by atoms with E-state index in [1.54, 1.807) is 17.4 Å². The topological polar surface area (TPSA) is 69.0 Å². The molecule has 0 spiro atoms. The molecule has 0 atom stereocenters. The molecule has 7 heteroatoms. The molecule has 3 rings (SSSR count). The SMILES string of the molecule is Cc1cnc(CCNC(=O)C2CCN(c3ccc(F)cc3C#N)CC2)s1. The molecular formula is C19H21FN4OS. The Morgan fingerprint density at radius 3 is 2.88 bits per heavy atom. The number of hydrogen-bond donors (Lipinski definition) is 1. The van der Waals surface area contributed by atoms with E-state index in [9.17, 15) is 14.4 Å². The van der Waals surface area contributed by atoms with Crippen LogP contribution in [0.15, 0.2) is 24.4 Å². The van der Waals surface area contributed by atoms with Crippen LogP contribution in [0.3, 0.4) is 0 Å². The zero-order chi connectivity index (χ0) is 18.5. The van der Waals surface area contributed by atoms with Crippen LogP contribution in [0.25, 0.3) is 0 Å². The number of nitrogens with one attached hydrogen (secondary N) is 1. The van der Waals surface area contributed by atoms with Gasteiger partial charge in [0.15, 0.2) is 0 Å². The molecule has 1 amide bonds. The third kappa shape index (κ3) is 4.38. The number of aryl methyl sites for hydroxylation is 1. The summed E-state index contributed by atoms with van der Waals surface area (Å²) in [5, 5.41) is 13.2. The molecule has 5 nitrogen and oxygen atoms in total. The van der Waals surface area contributed by atoms with Crippen LogP contribution in [0.4, 0.5) is 10.1 Å². The second-order valence-electron chi connectivity index (χ2n) is 6.44. The van der Waals surface area contributed by atoms with Crippen molar-refractivity contribution in [3.63, 3.8) is 0 Å². The van der Waals surface area contributed by atoms with Crippen LogP contribution in [0.1, 0.15) is 28.3 Å². The molecule has 1 aliphatic heterocycles. The Hall–Kier alpha value is -2.46. The van der Waals surface area contributed by atoms with Crippen LogP contribution in [-0.2, 0) is 11.2 Å². The lowest BCUT2D eigenvalue weighted by molar-refractivity contribution is -0.125. The number of amides is 1. The molecule has 1 aromatic carbocycles. The predicted octanol–water partition coefficient (Wildman–Crippen LogP) is 3.04. The van der Waals surface area contributed by atoms with Crippen LogP contribution in [-0.4, -0.2) is 30.5 Å². The van der Waals surface area contributed by atoms with E-state index in [0.29, 0.717) is 25.2 Å². The minimum atomic E-state index is -0.407. The van der Waals surface area contributed by atoms with Gasteiger partial charge in [-0.15, -0.1) is 11.3 Å². The van der Waals surface area contributed by atoms with E-state index in [0.717, 1.165) is 30.0 Å². The smallest absolute Gasteiger partial charge is 0.223 e. The fourth-order valence-corrected chi connectivity index (χ4v) is 4.00. The standard InChI is InChI=1S/C19H21FN4OS/c1-13-12-23-18(26-13)4-7-22-19(25)14-5-8-24(9-6-14)17-3-2-16(20)10-15(17)11-21/h2-3,10,12,14H,4-9H2,1H3,(H,22,25). The average molecular weight is 372 g/mol. The maximum absolute atomic E-state index is 13.3. The second-order valence-corrected chi connectivity index (χ2v) is 7.76. The molecule has 1 saturated heterocycles. The summed E-state index contributed by atoms with van der Waals surface area (Å²) in [5.74, 6) is -0.345. The molecule has 0 aliphatic carbocycles. The molecule has 2 heterocycles. The number of hydrogen-bond acceptors (Lipinski definition) is 5. The number of carbonyl (C=O) groups is 1. The molecule has 136 valence electrons. The molecule has 0 saturated carbocycles. The lowest BCUT2D eigenvalue weighted by Gasteiger charge is -2.33. The third-order valence-electron chi connectivity index (χ3n) is 4.59. The van der Waals surface area contributed by atoms with Gasteiger partial charge in [0.2, 0.25) is 5.91 Å². The van der Waals surface area contributed by atoms with E-state index in [2.05, 4.69) is 15.2 Å². The molecule has 1 fully saturated rings. The first-order chi connectivity index (χ1) is 12.6. The first-order valence-electron chi connectivity index (χ1n) is 8.70. The van der Waals surface area contributed by atoms with Crippen LogP contribution in [0, 0.1) is 30.0 Å².